The Bertz CT molecular complexity index is 525. The van der Waals surface area contributed by atoms with E-state index in [1.54, 1.807) is 0 Å². The molecule has 1 aromatic carbocycles. The molecule has 2 N–H and O–H groups in total. The number of thioether (sulfide) groups is 1. The van der Waals surface area contributed by atoms with Gasteiger partial charge < -0.3 is 10.3 Å². The molecule has 0 fully saturated rings. The molecule has 2 aromatic rings. The number of hydrogen-bond acceptors (Lipinski definition) is 2. The molecule has 0 aliphatic carbocycles. The molecule has 1 unspecified atom stereocenters. The molecule has 0 aliphatic rings. The summed E-state index contributed by atoms with van der Waals surface area (Å²) in [6.07, 6.45) is 3.71. The first-order valence-corrected chi connectivity index (χ1v) is 7.22. The molecule has 0 bridgehead atoms. The van der Waals surface area contributed by atoms with Crippen molar-refractivity contribution in [3.05, 3.63) is 53.3 Å². The van der Waals surface area contributed by atoms with Gasteiger partial charge in [0.05, 0.1) is 5.25 Å². The molecule has 1 heterocycles. The van der Waals surface area contributed by atoms with Crippen LogP contribution in [0.25, 0.3) is 0 Å². The molecule has 0 saturated heterocycles. The van der Waals surface area contributed by atoms with E-state index in [2.05, 4.69) is 10.3 Å². The minimum absolute atomic E-state index is 0.0288. The molecule has 2 rings (SSSR count). The van der Waals surface area contributed by atoms with Gasteiger partial charge in [-0.1, -0.05) is 11.6 Å². The highest BCUT2D eigenvalue weighted by Crippen LogP contribution is 2.24. The van der Waals surface area contributed by atoms with Crippen LogP contribution >= 0.6 is 23.4 Å². The molecular formula is C14H15ClN2OS. The number of halogens is 1. The van der Waals surface area contributed by atoms with Crippen molar-refractivity contribution < 1.29 is 4.79 Å². The van der Waals surface area contributed by atoms with Gasteiger partial charge >= 0.3 is 0 Å². The molecule has 19 heavy (non-hydrogen) atoms. The third-order valence-corrected chi connectivity index (χ3v) is 3.99. The lowest BCUT2D eigenvalue weighted by atomic mass is 10.3. The van der Waals surface area contributed by atoms with Crippen molar-refractivity contribution in [2.45, 2.75) is 23.6 Å². The van der Waals surface area contributed by atoms with Crippen LogP contribution in [-0.4, -0.2) is 16.1 Å². The Labute approximate surface area is 121 Å². The third-order valence-electron chi connectivity index (χ3n) is 2.62. The quantitative estimate of drug-likeness (QED) is 0.830. The van der Waals surface area contributed by atoms with Crippen molar-refractivity contribution in [3.8, 4) is 0 Å². The van der Waals surface area contributed by atoms with Crippen molar-refractivity contribution in [2.24, 2.45) is 0 Å². The van der Waals surface area contributed by atoms with E-state index in [9.17, 15) is 4.79 Å². The average molecular weight is 295 g/mol. The summed E-state index contributed by atoms with van der Waals surface area (Å²) in [5, 5.41) is 3.47. The number of rotatable bonds is 5. The van der Waals surface area contributed by atoms with Crippen molar-refractivity contribution >= 4 is 29.3 Å². The summed E-state index contributed by atoms with van der Waals surface area (Å²) in [5.74, 6) is 0.0288. The zero-order valence-corrected chi connectivity index (χ0v) is 12.1. The summed E-state index contributed by atoms with van der Waals surface area (Å²) in [5.41, 5.74) is 1.07. The number of aromatic amines is 1. The lowest BCUT2D eigenvalue weighted by Crippen LogP contribution is -2.30. The fourth-order valence-corrected chi connectivity index (χ4v) is 2.59. The van der Waals surface area contributed by atoms with E-state index in [4.69, 9.17) is 11.6 Å². The molecule has 1 aromatic heterocycles. The molecule has 3 nitrogen and oxygen atoms in total. The lowest BCUT2D eigenvalue weighted by Gasteiger charge is -2.11. The molecular weight excluding hydrogens is 280 g/mol. The number of H-pyrrole nitrogens is 1. The third kappa shape index (κ3) is 4.33. The van der Waals surface area contributed by atoms with Crippen LogP contribution < -0.4 is 5.32 Å². The first-order valence-electron chi connectivity index (χ1n) is 5.97. The van der Waals surface area contributed by atoms with E-state index in [-0.39, 0.29) is 11.2 Å². The highest BCUT2D eigenvalue weighted by atomic mass is 35.5. The Hall–Kier alpha value is -1.39. The van der Waals surface area contributed by atoms with Crippen molar-refractivity contribution in [1.29, 1.82) is 0 Å². The Morgan fingerprint density at radius 3 is 2.74 bits per heavy atom. The van der Waals surface area contributed by atoms with Gasteiger partial charge in [-0.15, -0.1) is 11.8 Å². The Balaban J connectivity index is 1.83. The van der Waals surface area contributed by atoms with E-state index >= 15 is 0 Å². The highest BCUT2D eigenvalue weighted by molar-refractivity contribution is 8.00. The van der Waals surface area contributed by atoms with Gasteiger partial charge in [-0.3, -0.25) is 4.79 Å². The number of amides is 1. The van der Waals surface area contributed by atoms with E-state index < -0.39 is 0 Å². The first kappa shape index (κ1) is 14.0. The molecule has 0 saturated carbocycles. The second kappa shape index (κ2) is 6.68. The summed E-state index contributed by atoms with van der Waals surface area (Å²) in [6.45, 7) is 2.44. The molecule has 100 valence electrons. The molecule has 5 heteroatoms. The Morgan fingerprint density at radius 1 is 1.37 bits per heavy atom. The Kier molecular flexibility index (Phi) is 4.93. The lowest BCUT2D eigenvalue weighted by molar-refractivity contribution is -0.120. The van der Waals surface area contributed by atoms with Crippen LogP contribution in [0.5, 0.6) is 0 Å². The minimum Gasteiger partial charge on any atom is -0.367 e. The largest absolute Gasteiger partial charge is 0.367 e. The summed E-state index contributed by atoms with van der Waals surface area (Å²) >= 11 is 7.35. The van der Waals surface area contributed by atoms with Crippen LogP contribution in [-0.2, 0) is 11.3 Å². The van der Waals surface area contributed by atoms with Crippen molar-refractivity contribution in [1.82, 2.24) is 10.3 Å². The summed E-state index contributed by atoms with van der Waals surface area (Å²) in [6, 6.07) is 9.44. The topological polar surface area (TPSA) is 44.9 Å². The van der Waals surface area contributed by atoms with Gasteiger partial charge in [0, 0.05) is 28.9 Å². The van der Waals surface area contributed by atoms with Gasteiger partial charge in [-0.05, 0) is 42.8 Å². The first-order chi connectivity index (χ1) is 9.15. The second-order valence-corrected chi connectivity index (χ2v) is 6.00. The number of benzene rings is 1. The van der Waals surface area contributed by atoms with E-state index in [1.165, 1.54) is 11.8 Å². The van der Waals surface area contributed by atoms with E-state index in [0.717, 1.165) is 10.5 Å². The predicted octanol–water partition coefficient (Wildman–Crippen LogP) is 3.47. The van der Waals surface area contributed by atoms with E-state index in [0.29, 0.717) is 11.6 Å². The standard InChI is InChI=1S/C14H15ClN2OS/c1-10(19-13-4-2-12(15)3-5-13)14(18)17-9-11-6-7-16-8-11/h2-8,10,16H,9H2,1H3,(H,17,18). The zero-order chi connectivity index (χ0) is 13.7. The van der Waals surface area contributed by atoms with Gasteiger partial charge in [-0.2, -0.15) is 0 Å². The van der Waals surface area contributed by atoms with Crippen molar-refractivity contribution in [2.75, 3.05) is 0 Å². The predicted molar refractivity (Wildman–Crippen MR) is 79.4 cm³/mol. The van der Waals surface area contributed by atoms with Crippen molar-refractivity contribution in [3.63, 3.8) is 0 Å². The van der Waals surface area contributed by atoms with E-state index in [1.807, 2.05) is 49.6 Å². The SMILES string of the molecule is CC(Sc1ccc(Cl)cc1)C(=O)NCc1cc[nH]c1. The Morgan fingerprint density at radius 2 is 2.11 bits per heavy atom. The number of nitrogens with one attached hydrogen (secondary N) is 2. The smallest absolute Gasteiger partial charge is 0.233 e. The highest BCUT2D eigenvalue weighted by Gasteiger charge is 2.13. The van der Waals surface area contributed by atoms with Gasteiger partial charge in [0.1, 0.15) is 0 Å². The molecule has 0 aliphatic heterocycles. The maximum atomic E-state index is 11.9. The van der Waals surface area contributed by atoms with Gasteiger partial charge in [-0.25, -0.2) is 0 Å². The van der Waals surface area contributed by atoms with Crippen LogP contribution in [0.4, 0.5) is 0 Å². The molecule has 1 amide bonds. The maximum absolute atomic E-state index is 11.9. The number of carbonyl (C=O) groups is 1. The van der Waals surface area contributed by atoms with Crippen LogP contribution in [0.1, 0.15) is 12.5 Å². The summed E-state index contributed by atoms with van der Waals surface area (Å²) in [4.78, 5) is 15.9. The number of carbonyl (C=O) groups excluding carboxylic acids is 1. The van der Waals surface area contributed by atoms with Crippen LogP contribution in [0.3, 0.4) is 0 Å². The van der Waals surface area contributed by atoms with Crippen LogP contribution in [0, 0.1) is 0 Å². The molecule has 0 radical (unpaired) electrons. The van der Waals surface area contributed by atoms with Gasteiger partial charge in [0.2, 0.25) is 5.91 Å². The van der Waals surface area contributed by atoms with Gasteiger partial charge in [0.25, 0.3) is 0 Å². The van der Waals surface area contributed by atoms with Gasteiger partial charge in [0.15, 0.2) is 0 Å². The maximum Gasteiger partial charge on any atom is 0.233 e. The monoisotopic (exact) mass is 294 g/mol. The minimum atomic E-state index is -0.139. The molecule has 1 atom stereocenters. The normalized spacial score (nSPS) is 12.1. The van der Waals surface area contributed by atoms with Crippen LogP contribution in [0.2, 0.25) is 5.02 Å². The number of aromatic nitrogens is 1. The van der Waals surface area contributed by atoms with Crippen LogP contribution in [0.15, 0.2) is 47.6 Å². The zero-order valence-electron chi connectivity index (χ0n) is 10.5. The summed E-state index contributed by atoms with van der Waals surface area (Å²) in [7, 11) is 0. The summed E-state index contributed by atoms with van der Waals surface area (Å²) < 4.78 is 0. The fraction of sp³-hybridized carbons (Fsp3) is 0.214. The second-order valence-electron chi connectivity index (χ2n) is 4.15. The molecule has 0 spiro atoms. The average Bonchev–Trinajstić information content (AvgIpc) is 2.91. The fourth-order valence-electron chi connectivity index (χ4n) is 1.57. The number of hydrogen-bond donors (Lipinski definition) is 2.